The van der Waals surface area contributed by atoms with Crippen molar-refractivity contribution in [3.63, 3.8) is 0 Å². The van der Waals surface area contributed by atoms with Crippen LogP contribution in [0.15, 0.2) is 0 Å². The van der Waals surface area contributed by atoms with Crippen LogP contribution in [-0.4, -0.2) is 12.2 Å². The Hall–Kier alpha value is -0.0400. The van der Waals surface area contributed by atoms with Crippen molar-refractivity contribution < 1.29 is 4.74 Å². The summed E-state index contributed by atoms with van der Waals surface area (Å²) in [4.78, 5) is 0. The Bertz CT molecular complexity index is 168. The van der Waals surface area contributed by atoms with E-state index >= 15 is 0 Å². The normalized spacial score (nSPS) is 35.4. The van der Waals surface area contributed by atoms with Gasteiger partial charge in [0.1, 0.15) is 0 Å². The molecule has 0 aromatic carbocycles. The number of ether oxygens (including phenoxy) is 1. The Kier molecular flexibility index (Phi) is 3.48. The van der Waals surface area contributed by atoms with Crippen molar-refractivity contribution in [3.05, 3.63) is 0 Å². The van der Waals surface area contributed by atoms with Crippen LogP contribution in [0.5, 0.6) is 0 Å². The molecule has 0 unspecified atom stereocenters. The van der Waals surface area contributed by atoms with Crippen LogP contribution in [0.25, 0.3) is 0 Å². The minimum atomic E-state index is 0.358. The molecule has 14 heavy (non-hydrogen) atoms. The summed E-state index contributed by atoms with van der Waals surface area (Å²) < 4.78 is 6.13. The molecule has 1 heteroatoms. The van der Waals surface area contributed by atoms with Crippen LogP contribution in [0, 0.1) is 5.92 Å². The highest BCUT2D eigenvalue weighted by Gasteiger charge is 2.45. The zero-order chi connectivity index (χ0) is 9.86. The van der Waals surface area contributed by atoms with E-state index in [-0.39, 0.29) is 0 Å². The molecular weight excluding hydrogens is 172 g/mol. The third-order valence-electron chi connectivity index (χ3n) is 4.08. The average Bonchev–Trinajstić information content (AvgIpc) is 2.77. The standard InChI is InChI=1S/C13H24O/c1-2-3-4-5-10-14-13-8-6-12(11-13)7-9-13/h12H,2-11H2,1H3. The Balaban J connectivity index is 1.61. The second-order valence-electron chi connectivity index (χ2n) is 5.24. The van der Waals surface area contributed by atoms with Crippen molar-refractivity contribution in [2.24, 2.45) is 5.92 Å². The molecule has 2 saturated carbocycles. The van der Waals surface area contributed by atoms with Gasteiger partial charge in [-0.25, -0.2) is 0 Å². The molecule has 0 saturated heterocycles. The summed E-state index contributed by atoms with van der Waals surface area (Å²) >= 11 is 0. The number of hydrogen-bond acceptors (Lipinski definition) is 1. The molecule has 2 bridgehead atoms. The first-order valence-electron chi connectivity index (χ1n) is 6.49. The molecule has 0 radical (unpaired) electrons. The summed E-state index contributed by atoms with van der Waals surface area (Å²) in [5.41, 5.74) is 0.358. The summed E-state index contributed by atoms with van der Waals surface area (Å²) in [6, 6.07) is 0. The van der Waals surface area contributed by atoms with Gasteiger partial charge in [0.25, 0.3) is 0 Å². The molecule has 0 aromatic rings. The van der Waals surface area contributed by atoms with Gasteiger partial charge in [-0.2, -0.15) is 0 Å². The predicted octanol–water partition coefficient (Wildman–Crippen LogP) is 3.92. The van der Waals surface area contributed by atoms with E-state index in [0.29, 0.717) is 5.60 Å². The Morgan fingerprint density at radius 3 is 2.50 bits per heavy atom. The third kappa shape index (κ3) is 2.31. The van der Waals surface area contributed by atoms with Crippen LogP contribution in [0.3, 0.4) is 0 Å². The zero-order valence-electron chi connectivity index (χ0n) is 9.56. The van der Waals surface area contributed by atoms with Gasteiger partial charge in [-0.05, 0) is 44.4 Å². The highest BCUT2D eigenvalue weighted by Crippen LogP contribution is 2.49. The van der Waals surface area contributed by atoms with E-state index in [0.717, 1.165) is 12.5 Å². The van der Waals surface area contributed by atoms with Gasteiger partial charge in [-0.15, -0.1) is 0 Å². The first-order chi connectivity index (χ1) is 6.85. The lowest BCUT2D eigenvalue weighted by Gasteiger charge is -2.27. The fourth-order valence-electron chi connectivity index (χ4n) is 3.16. The van der Waals surface area contributed by atoms with Gasteiger partial charge in [0.2, 0.25) is 0 Å². The molecule has 0 heterocycles. The maximum absolute atomic E-state index is 6.13. The summed E-state index contributed by atoms with van der Waals surface area (Å²) in [5.74, 6) is 1.02. The summed E-state index contributed by atoms with van der Waals surface area (Å²) in [6.45, 7) is 3.28. The maximum atomic E-state index is 6.13. The molecule has 0 atom stereocenters. The summed E-state index contributed by atoms with van der Waals surface area (Å²) in [6.07, 6.45) is 12.3. The number of hydrogen-bond donors (Lipinski definition) is 0. The topological polar surface area (TPSA) is 9.23 Å². The minimum absolute atomic E-state index is 0.358. The summed E-state index contributed by atoms with van der Waals surface area (Å²) in [7, 11) is 0. The van der Waals surface area contributed by atoms with Crippen LogP contribution in [0.1, 0.15) is 64.7 Å². The van der Waals surface area contributed by atoms with Gasteiger partial charge in [-0.1, -0.05) is 26.2 Å². The van der Waals surface area contributed by atoms with E-state index < -0.39 is 0 Å². The van der Waals surface area contributed by atoms with E-state index in [1.165, 1.54) is 57.8 Å². The molecule has 0 aliphatic heterocycles. The second-order valence-corrected chi connectivity index (χ2v) is 5.24. The smallest absolute Gasteiger partial charge is 0.0685 e. The minimum Gasteiger partial charge on any atom is -0.375 e. The molecule has 82 valence electrons. The van der Waals surface area contributed by atoms with E-state index in [1.807, 2.05) is 0 Å². The second kappa shape index (κ2) is 4.65. The quantitative estimate of drug-likeness (QED) is 0.585. The van der Waals surface area contributed by atoms with Gasteiger partial charge in [0.15, 0.2) is 0 Å². The molecule has 0 N–H and O–H groups in total. The first kappa shape index (κ1) is 10.5. The van der Waals surface area contributed by atoms with Crippen molar-refractivity contribution >= 4 is 0 Å². The molecule has 2 rings (SSSR count). The predicted molar refractivity (Wildman–Crippen MR) is 59.4 cm³/mol. The van der Waals surface area contributed by atoms with E-state index in [4.69, 9.17) is 4.74 Å². The molecule has 0 aromatic heterocycles. The largest absolute Gasteiger partial charge is 0.375 e. The van der Waals surface area contributed by atoms with Gasteiger partial charge in [-0.3, -0.25) is 0 Å². The van der Waals surface area contributed by atoms with Crippen molar-refractivity contribution in [2.45, 2.75) is 70.3 Å². The molecule has 0 spiro atoms. The van der Waals surface area contributed by atoms with Gasteiger partial charge < -0.3 is 4.74 Å². The van der Waals surface area contributed by atoms with Gasteiger partial charge in [0.05, 0.1) is 5.60 Å². The van der Waals surface area contributed by atoms with Crippen LogP contribution in [0.4, 0.5) is 0 Å². The van der Waals surface area contributed by atoms with Crippen LogP contribution in [-0.2, 0) is 4.74 Å². The molecule has 2 aliphatic rings. The Labute approximate surface area is 88.2 Å². The molecular formula is C13H24O. The Morgan fingerprint density at radius 1 is 1.14 bits per heavy atom. The number of unbranched alkanes of at least 4 members (excludes halogenated alkanes) is 3. The SMILES string of the molecule is CCCCCCOC12CCC(CC1)C2. The van der Waals surface area contributed by atoms with Crippen LogP contribution < -0.4 is 0 Å². The van der Waals surface area contributed by atoms with E-state index in [2.05, 4.69) is 6.92 Å². The first-order valence-corrected chi connectivity index (χ1v) is 6.49. The van der Waals surface area contributed by atoms with Crippen molar-refractivity contribution in [1.82, 2.24) is 0 Å². The number of rotatable bonds is 6. The van der Waals surface area contributed by atoms with Crippen molar-refractivity contribution in [1.29, 1.82) is 0 Å². The maximum Gasteiger partial charge on any atom is 0.0685 e. The monoisotopic (exact) mass is 196 g/mol. The third-order valence-corrected chi connectivity index (χ3v) is 4.08. The highest BCUT2D eigenvalue weighted by molar-refractivity contribution is 4.97. The Morgan fingerprint density at radius 2 is 1.93 bits per heavy atom. The lowest BCUT2D eigenvalue weighted by molar-refractivity contribution is -0.0387. The highest BCUT2D eigenvalue weighted by atomic mass is 16.5. The zero-order valence-corrected chi connectivity index (χ0v) is 9.56. The molecule has 1 nitrogen and oxygen atoms in total. The van der Waals surface area contributed by atoms with E-state index in [9.17, 15) is 0 Å². The molecule has 2 fully saturated rings. The van der Waals surface area contributed by atoms with Crippen LogP contribution in [0.2, 0.25) is 0 Å². The molecule has 2 aliphatic carbocycles. The lowest BCUT2D eigenvalue weighted by Crippen LogP contribution is -2.27. The van der Waals surface area contributed by atoms with Crippen LogP contribution >= 0.6 is 0 Å². The molecule has 0 amide bonds. The number of fused-ring (bicyclic) bond motifs is 2. The van der Waals surface area contributed by atoms with Gasteiger partial charge in [0, 0.05) is 6.61 Å². The fourth-order valence-corrected chi connectivity index (χ4v) is 3.16. The van der Waals surface area contributed by atoms with Gasteiger partial charge >= 0.3 is 0 Å². The van der Waals surface area contributed by atoms with E-state index in [1.54, 1.807) is 0 Å². The van der Waals surface area contributed by atoms with Crippen molar-refractivity contribution in [3.8, 4) is 0 Å². The summed E-state index contributed by atoms with van der Waals surface area (Å²) in [5, 5.41) is 0. The van der Waals surface area contributed by atoms with Crippen molar-refractivity contribution in [2.75, 3.05) is 6.61 Å². The fraction of sp³-hybridized carbons (Fsp3) is 1.00. The lowest BCUT2D eigenvalue weighted by atomic mass is 9.97. The average molecular weight is 196 g/mol.